The van der Waals surface area contributed by atoms with Gasteiger partial charge in [-0.1, -0.05) is 97.1 Å². The van der Waals surface area contributed by atoms with E-state index in [2.05, 4.69) is 81.1 Å². The van der Waals surface area contributed by atoms with Crippen LogP contribution in [0.5, 0.6) is 0 Å². The van der Waals surface area contributed by atoms with E-state index in [4.69, 9.17) is 19.7 Å². The molecule has 8 heterocycles. The Morgan fingerprint density at radius 3 is 0.910 bits per heavy atom. The molecule has 28 nitrogen and oxygen atoms in total. The SMILES string of the molecule is COCc1nnc2nc3c(nn12)-c1ccccc1C3=O.COCc1nnc2nc3c(nn12)C(=O)c1ccccc1-3.O=C1c2ccccc2-c2nc3nnc(CO)n3nc21.O=C1c2ccccc2-c2nn3c(CO)nnc3nc21. The number of aliphatic hydroxyl groups excluding tert-OH is 2. The Morgan fingerprint density at radius 1 is 0.333 bits per heavy atom. The highest BCUT2D eigenvalue weighted by Gasteiger charge is 2.35. The molecule has 0 saturated heterocycles. The van der Waals surface area contributed by atoms with Gasteiger partial charge >= 0.3 is 0 Å². The first kappa shape index (κ1) is 47.1. The Kier molecular flexibility index (Phi) is 11.2. The normalized spacial score (nSPS) is 12.8. The molecular formula is C50H32N20O8. The average Bonchev–Trinajstić information content (AvgIpc) is 4.47. The number of methoxy groups -OCH3 is 2. The number of hydrogen-bond acceptors (Lipinski definition) is 24. The molecule has 0 radical (unpaired) electrons. The Balaban J connectivity index is 0.0000000989. The van der Waals surface area contributed by atoms with E-state index in [-0.39, 0.29) is 78.3 Å². The number of hydrogen-bond donors (Lipinski definition) is 2. The van der Waals surface area contributed by atoms with Crippen molar-refractivity contribution in [3.8, 4) is 45.0 Å². The van der Waals surface area contributed by atoms with Crippen molar-refractivity contribution < 1.29 is 38.9 Å². The summed E-state index contributed by atoms with van der Waals surface area (Å²) in [6, 6.07) is 29.1. The van der Waals surface area contributed by atoms with Gasteiger partial charge in [-0.3, -0.25) is 19.2 Å². The largest absolute Gasteiger partial charge is 0.388 e. The van der Waals surface area contributed by atoms with Gasteiger partial charge < -0.3 is 19.7 Å². The van der Waals surface area contributed by atoms with E-state index in [0.29, 0.717) is 85.4 Å². The molecule has 0 atom stereocenters. The minimum atomic E-state index is -0.310. The van der Waals surface area contributed by atoms with E-state index < -0.39 is 0 Å². The number of fused-ring (bicyclic) bond motifs is 16. The Labute approximate surface area is 434 Å². The van der Waals surface area contributed by atoms with Gasteiger partial charge in [-0.15, -0.1) is 40.8 Å². The molecule has 2 N–H and O–H groups in total. The van der Waals surface area contributed by atoms with Crippen molar-refractivity contribution in [1.29, 1.82) is 0 Å². The summed E-state index contributed by atoms with van der Waals surface area (Å²) >= 11 is 0. The van der Waals surface area contributed by atoms with Crippen LogP contribution in [-0.4, -0.2) is 147 Å². The van der Waals surface area contributed by atoms with Crippen molar-refractivity contribution in [2.45, 2.75) is 26.4 Å². The Morgan fingerprint density at radius 2 is 0.590 bits per heavy atom. The third-order valence-electron chi connectivity index (χ3n) is 12.7. The highest BCUT2D eigenvalue weighted by atomic mass is 16.5. The molecule has 4 aliphatic carbocycles. The molecule has 0 unspecified atom stereocenters. The van der Waals surface area contributed by atoms with Gasteiger partial charge in [0, 0.05) is 58.7 Å². The predicted octanol–water partition coefficient (Wildman–Crippen LogP) is 2.20. The zero-order valence-electron chi connectivity index (χ0n) is 40.4. The number of carbonyl (C=O) groups is 4. The van der Waals surface area contributed by atoms with E-state index in [1.165, 1.54) is 18.1 Å². The van der Waals surface area contributed by atoms with Crippen LogP contribution in [0.2, 0.25) is 0 Å². The molecule has 78 heavy (non-hydrogen) atoms. The molecule has 0 aliphatic heterocycles. The minimum absolute atomic E-state index is 0.123. The molecule has 0 bridgehead atoms. The maximum absolute atomic E-state index is 12.3. The summed E-state index contributed by atoms with van der Waals surface area (Å²) in [5.41, 5.74) is 8.86. The number of benzene rings is 4. The quantitative estimate of drug-likeness (QED) is 0.241. The molecule has 4 aliphatic rings. The number of ether oxygens (including phenoxy) is 2. The highest BCUT2D eigenvalue weighted by molar-refractivity contribution is 6.22. The van der Waals surface area contributed by atoms with Crippen LogP contribution in [0.3, 0.4) is 0 Å². The van der Waals surface area contributed by atoms with Gasteiger partial charge in [0.15, 0.2) is 34.7 Å². The predicted molar refractivity (Wildman–Crippen MR) is 263 cm³/mol. The second-order valence-electron chi connectivity index (χ2n) is 17.2. The van der Waals surface area contributed by atoms with E-state index in [1.54, 1.807) is 50.6 Å². The van der Waals surface area contributed by atoms with Crippen molar-refractivity contribution in [3.05, 3.63) is 165 Å². The molecule has 4 aromatic carbocycles. The number of rotatable bonds is 6. The van der Waals surface area contributed by atoms with Crippen LogP contribution in [0.15, 0.2) is 97.1 Å². The van der Waals surface area contributed by atoms with Gasteiger partial charge in [0.1, 0.15) is 60.6 Å². The van der Waals surface area contributed by atoms with Crippen molar-refractivity contribution in [2.24, 2.45) is 0 Å². The van der Waals surface area contributed by atoms with Crippen LogP contribution in [0, 0.1) is 0 Å². The Bertz CT molecular complexity index is 4530. The van der Waals surface area contributed by atoms with Gasteiger partial charge in [0.25, 0.3) is 23.1 Å². The lowest BCUT2D eigenvalue weighted by Crippen LogP contribution is -2.08. The smallest absolute Gasteiger partial charge is 0.272 e. The summed E-state index contributed by atoms with van der Waals surface area (Å²) in [5.74, 6) is 2.19. The number of aromatic nitrogens is 20. The summed E-state index contributed by atoms with van der Waals surface area (Å²) in [7, 11) is 3.13. The van der Waals surface area contributed by atoms with Gasteiger partial charge in [0.05, 0.1) is 0 Å². The molecule has 380 valence electrons. The standard InChI is InChI=1S/2C13H9N5O2.2C12H7N5O2/c1-20-6-9-15-16-13-14-11-10(17-18(9)13)7-4-2-3-5-8(7)12(11)19;1-20-6-9-15-16-13-14-10-7-4-2-3-5-8(7)12(19)11(10)17-18(9)13;18-5-8-14-15-12-13-10-9(16-17(8)12)6-3-1-2-4-7(6)11(10)19;18-5-8-14-15-12-13-9-6-3-1-2-4-7(6)11(19)10(9)16-17(8)12/h2*2-5H,6H2,1H3;2*1-4,18H,5H2. The second kappa shape index (κ2) is 18.6. The highest BCUT2D eigenvalue weighted by Crippen LogP contribution is 2.37. The average molecular weight is 1040 g/mol. The van der Waals surface area contributed by atoms with Crippen LogP contribution in [0.25, 0.3) is 68.1 Å². The summed E-state index contributed by atoms with van der Waals surface area (Å²) in [5, 5.41) is 66.6. The molecular weight excluding hydrogens is 1010 g/mol. The van der Waals surface area contributed by atoms with Crippen LogP contribution < -0.4 is 0 Å². The zero-order chi connectivity index (χ0) is 53.3. The summed E-state index contributed by atoms with van der Waals surface area (Å²) < 4.78 is 15.7. The lowest BCUT2D eigenvalue weighted by Gasteiger charge is -2.00. The number of carbonyl (C=O) groups excluding carboxylic acids is 4. The topological polar surface area (TPSA) is 351 Å². The first-order chi connectivity index (χ1) is 38.2. The maximum Gasteiger partial charge on any atom is 0.272 e. The Hall–Kier alpha value is -10.7. The lowest BCUT2D eigenvalue weighted by molar-refractivity contribution is 0.102. The van der Waals surface area contributed by atoms with E-state index in [1.807, 2.05) is 60.7 Å². The maximum atomic E-state index is 12.3. The van der Waals surface area contributed by atoms with Gasteiger partial charge in [-0.2, -0.15) is 38.5 Å². The van der Waals surface area contributed by atoms with Crippen LogP contribution >= 0.6 is 0 Å². The van der Waals surface area contributed by atoms with E-state index in [9.17, 15) is 19.2 Å². The zero-order valence-corrected chi connectivity index (χ0v) is 40.4. The molecule has 0 saturated carbocycles. The fourth-order valence-corrected chi connectivity index (χ4v) is 9.16. The minimum Gasteiger partial charge on any atom is -0.388 e. The van der Waals surface area contributed by atoms with Gasteiger partial charge in [-0.05, 0) is 0 Å². The molecule has 0 spiro atoms. The summed E-state index contributed by atoms with van der Waals surface area (Å²) in [4.78, 5) is 66.2. The van der Waals surface area contributed by atoms with Crippen molar-refractivity contribution in [1.82, 2.24) is 99.2 Å². The summed E-state index contributed by atoms with van der Waals surface area (Å²) in [6.45, 7) is -0.0556. The first-order valence-electron chi connectivity index (χ1n) is 23.4. The molecule has 0 fully saturated rings. The fraction of sp³-hybridized carbons (Fsp3) is 0.120. The molecule has 16 rings (SSSR count). The molecule has 0 amide bonds. The van der Waals surface area contributed by atoms with Crippen molar-refractivity contribution >= 4 is 46.2 Å². The third kappa shape index (κ3) is 7.38. The van der Waals surface area contributed by atoms with Crippen LogP contribution in [0.1, 0.15) is 87.5 Å². The first-order valence-corrected chi connectivity index (χ1v) is 23.4. The van der Waals surface area contributed by atoms with Gasteiger partial charge in [-0.25, -0.2) is 19.9 Å². The number of aliphatic hydroxyl groups is 2. The number of nitrogens with zero attached hydrogens (tertiary/aromatic N) is 20. The van der Waals surface area contributed by atoms with E-state index >= 15 is 0 Å². The van der Waals surface area contributed by atoms with E-state index in [0.717, 1.165) is 22.3 Å². The summed E-state index contributed by atoms with van der Waals surface area (Å²) in [6.07, 6.45) is 0. The third-order valence-corrected chi connectivity index (χ3v) is 12.7. The monoisotopic (exact) mass is 1040 g/mol. The van der Waals surface area contributed by atoms with Crippen molar-refractivity contribution in [3.63, 3.8) is 0 Å². The fourth-order valence-electron chi connectivity index (χ4n) is 9.16. The molecule has 28 heteroatoms. The van der Waals surface area contributed by atoms with Gasteiger partial charge in [0.2, 0.25) is 23.1 Å². The van der Waals surface area contributed by atoms with Crippen LogP contribution in [-0.2, 0) is 35.9 Å². The van der Waals surface area contributed by atoms with Crippen molar-refractivity contribution in [2.75, 3.05) is 14.2 Å². The molecule has 12 aromatic rings. The van der Waals surface area contributed by atoms with Crippen LogP contribution in [0.4, 0.5) is 0 Å². The second-order valence-corrected chi connectivity index (χ2v) is 17.2. The lowest BCUT2D eigenvalue weighted by atomic mass is 10.1. The molecule has 8 aromatic heterocycles. The number of ketones is 4.